The van der Waals surface area contributed by atoms with Crippen molar-refractivity contribution in [3.8, 4) is 0 Å². The summed E-state index contributed by atoms with van der Waals surface area (Å²) >= 11 is 12.0. The van der Waals surface area contributed by atoms with Gasteiger partial charge in [-0.25, -0.2) is 0 Å². The Morgan fingerprint density at radius 3 is 2.32 bits per heavy atom. The summed E-state index contributed by atoms with van der Waals surface area (Å²) in [5.74, 6) is -1.85. The second-order valence-electron chi connectivity index (χ2n) is 5.07. The zero-order valence-electron chi connectivity index (χ0n) is 12.6. The van der Waals surface area contributed by atoms with Gasteiger partial charge in [-0.2, -0.15) is 0 Å². The van der Waals surface area contributed by atoms with Crippen molar-refractivity contribution >= 4 is 40.8 Å². The highest BCUT2D eigenvalue weighted by Gasteiger charge is 2.23. The van der Waals surface area contributed by atoms with Gasteiger partial charge in [0.2, 0.25) is 0 Å². The molecule has 0 unspecified atom stereocenters. The molecule has 130 valence electrons. The number of aliphatic carboxylic acids is 1. The van der Waals surface area contributed by atoms with Crippen LogP contribution in [0.25, 0.3) is 0 Å². The van der Waals surface area contributed by atoms with Crippen molar-refractivity contribution < 1.29 is 19.6 Å². The predicted octanol–water partition coefficient (Wildman–Crippen LogP) is 3.85. The lowest BCUT2D eigenvalue weighted by Crippen LogP contribution is -2.30. The number of hydrogen-bond donors (Lipinski definition) is 2. The monoisotopic (exact) mass is 382 g/mol. The number of carbonyl (C=O) groups excluding carboxylic acids is 1. The molecule has 7 nitrogen and oxygen atoms in total. The number of carboxylic acid groups (broad SMARTS) is 1. The van der Waals surface area contributed by atoms with Gasteiger partial charge in [0.1, 0.15) is 0 Å². The van der Waals surface area contributed by atoms with E-state index in [1.165, 1.54) is 36.4 Å². The van der Waals surface area contributed by atoms with E-state index in [4.69, 9.17) is 28.3 Å². The standard InChI is InChI=1S/C16H12Cl2N2O5/c17-11-5-2-6-12(18)15(11)16(23)19-13(8-14(21)22)9-3-1-4-10(7-9)20(24)25/h1-7,13H,8H2,(H,19,23)(H,21,22)/t13-/m0/s1. The maximum Gasteiger partial charge on any atom is 0.305 e. The fourth-order valence-corrected chi connectivity index (χ4v) is 2.80. The number of benzene rings is 2. The van der Waals surface area contributed by atoms with Crippen molar-refractivity contribution in [2.45, 2.75) is 12.5 Å². The second-order valence-corrected chi connectivity index (χ2v) is 5.89. The number of halogens is 2. The summed E-state index contributed by atoms with van der Waals surface area (Å²) in [6.07, 6.45) is -0.463. The SMILES string of the molecule is O=C(O)C[C@H](NC(=O)c1c(Cl)cccc1Cl)c1cccc([N+](=O)[O-])c1. The molecule has 2 rings (SSSR count). The Morgan fingerprint density at radius 1 is 1.16 bits per heavy atom. The summed E-state index contributed by atoms with van der Waals surface area (Å²) in [5, 5.41) is 22.7. The van der Waals surface area contributed by atoms with Gasteiger partial charge in [0.15, 0.2) is 0 Å². The summed E-state index contributed by atoms with van der Waals surface area (Å²) in [7, 11) is 0. The van der Waals surface area contributed by atoms with E-state index in [2.05, 4.69) is 5.32 Å². The van der Waals surface area contributed by atoms with Crippen LogP contribution in [0.4, 0.5) is 5.69 Å². The number of nitrogens with one attached hydrogen (secondary N) is 1. The van der Waals surface area contributed by atoms with Crippen LogP contribution in [0.1, 0.15) is 28.4 Å². The Morgan fingerprint density at radius 2 is 1.76 bits per heavy atom. The number of rotatable bonds is 6. The van der Waals surface area contributed by atoms with Gasteiger partial charge in [-0.3, -0.25) is 19.7 Å². The van der Waals surface area contributed by atoms with Crippen molar-refractivity contribution in [2.24, 2.45) is 0 Å². The molecule has 0 heterocycles. The molecule has 1 amide bonds. The number of nitrogens with zero attached hydrogens (tertiary/aromatic N) is 1. The second kappa shape index (κ2) is 7.96. The first-order chi connectivity index (χ1) is 11.8. The Labute approximate surface area is 152 Å². The van der Waals surface area contributed by atoms with Gasteiger partial charge in [0, 0.05) is 12.1 Å². The minimum absolute atomic E-state index is 0.00616. The molecule has 0 spiro atoms. The van der Waals surface area contributed by atoms with Crippen LogP contribution in [-0.4, -0.2) is 21.9 Å². The third-order valence-corrected chi connectivity index (χ3v) is 3.99. The molecule has 9 heteroatoms. The summed E-state index contributed by atoms with van der Waals surface area (Å²) in [4.78, 5) is 33.9. The van der Waals surface area contributed by atoms with Gasteiger partial charge in [-0.05, 0) is 17.7 Å². The zero-order chi connectivity index (χ0) is 18.6. The molecule has 0 aromatic heterocycles. The van der Waals surface area contributed by atoms with Crippen LogP contribution in [0.2, 0.25) is 10.0 Å². The molecule has 0 saturated heterocycles. The van der Waals surface area contributed by atoms with Crippen LogP contribution in [0, 0.1) is 10.1 Å². The highest BCUT2D eigenvalue weighted by atomic mass is 35.5. The highest BCUT2D eigenvalue weighted by molar-refractivity contribution is 6.39. The van der Waals surface area contributed by atoms with Crippen LogP contribution in [0.3, 0.4) is 0 Å². The summed E-state index contributed by atoms with van der Waals surface area (Å²) < 4.78 is 0. The van der Waals surface area contributed by atoms with Crippen molar-refractivity contribution in [1.82, 2.24) is 5.32 Å². The summed E-state index contributed by atoms with van der Waals surface area (Å²) in [5.41, 5.74) is 0.0812. The van der Waals surface area contributed by atoms with Crippen molar-refractivity contribution in [2.75, 3.05) is 0 Å². The van der Waals surface area contributed by atoms with Crippen LogP contribution in [0.15, 0.2) is 42.5 Å². The minimum Gasteiger partial charge on any atom is -0.481 e. The van der Waals surface area contributed by atoms with Crippen LogP contribution >= 0.6 is 23.2 Å². The van der Waals surface area contributed by atoms with E-state index in [0.29, 0.717) is 0 Å². The van der Waals surface area contributed by atoms with Crippen molar-refractivity contribution in [3.05, 3.63) is 73.8 Å². The average molecular weight is 383 g/mol. The predicted molar refractivity (Wildman–Crippen MR) is 92.0 cm³/mol. The van der Waals surface area contributed by atoms with E-state index in [-0.39, 0.29) is 26.9 Å². The van der Waals surface area contributed by atoms with Gasteiger partial charge in [0.25, 0.3) is 11.6 Å². The van der Waals surface area contributed by atoms with E-state index in [1.807, 2.05) is 0 Å². The molecule has 0 bridgehead atoms. The van der Waals surface area contributed by atoms with Gasteiger partial charge >= 0.3 is 5.97 Å². The smallest absolute Gasteiger partial charge is 0.305 e. The number of carbonyl (C=O) groups is 2. The van der Waals surface area contributed by atoms with E-state index in [9.17, 15) is 19.7 Å². The fraction of sp³-hybridized carbons (Fsp3) is 0.125. The molecule has 0 aliphatic heterocycles. The van der Waals surface area contributed by atoms with Gasteiger partial charge in [-0.1, -0.05) is 41.4 Å². The Balaban J connectivity index is 2.35. The lowest BCUT2D eigenvalue weighted by Gasteiger charge is -2.18. The lowest BCUT2D eigenvalue weighted by atomic mass is 10.0. The molecule has 1 atom stereocenters. The fourth-order valence-electron chi connectivity index (χ4n) is 2.23. The largest absolute Gasteiger partial charge is 0.481 e. The number of hydrogen-bond acceptors (Lipinski definition) is 4. The van der Waals surface area contributed by atoms with Gasteiger partial charge in [-0.15, -0.1) is 0 Å². The quantitative estimate of drug-likeness (QED) is 0.582. The van der Waals surface area contributed by atoms with Crippen LogP contribution < -0.4 is 5.32 Å². The molecule has 2 N–H and O–H groups in total. The number of nitro benzene ring substituents is 1. The van der Waals surface area contributed by atoms with E-state index in [0.717, 1.165) is 0 Å². The van der Waals surface area contributed by atoms with Crippen molar-refractivity contribution in [1.29, 1.82) is 0 Å². The Kier molecular flexibility index (Phi) is 5.95. The first-order valence-electron chi connectivity index (χ1n) is 7.00. The molecule has 2 aromatic rings. The average Bonchev–Trinajstić information content (AvgIpc) is 2.53. The van der Waals surface area contributed by atoms with Crippen molar-refractivity contribution in [3.63, 3.8) is 0 Å². The molecule has 25 heavy (non-hydrogen) atoms. The molecule has 0 aliphatic rings. The summed E-state index contributed by atoms with van der Waals surface area (Å²) in [6, 6.07) is 8.92. The molecule has 0 saturated carbocycles. The molecule has 2 aromatic carbocycles. The lowest BCUT2D eigenvalue weighted by molar-refractivity contribution is -0.384. The third kappa shape index (κ3) is 4.68. The topological polar surface area (TPSA) is 110 Å². The normalized spacial score (nSPS) is 11.6. The molecule has 0 radical (unpaired) electrons. The maximum atomic E-state index is 12.5. The van der Waals surface area contributed by atoms with E-state index < -0.39 is 29.3 Å². The molecular weight excluding hydrogens is 371 g/mol. The first kappa shape index (κ1) is 18.7. The minimum atomic E-state index is -1.18. The Bertz CT molecular complexity index is 821. The van der Waals surface area contributed by atoms with Gasteiger partial charge in [0.05, 0.1) is 33.0 Å². The number of non-ortho nitro benzene ring substituents is 1. The van der Waals surface area contributed by atoms with Gasteiger partial charge < -0.3 is 10.4 Å². The highest BCUT2D eigenvalue weighted by Crippen LogP contribution is 2.27. The maximum absolute atomic E-state index is 12.5. The molecule has 0 aliphatic carbocycles. The van der Waals surface area contributed by atoms with E-state index >= 15 is 0 Å². The number of nitro groups is 1. The summed E-state index contributed by atoms with van der Waals surface area (Å²) in [6.45, 7) is 0. The number of carboxylic acids is 1. The third-order valence-electron chi connectivity index (χ3n) is 3.36. The molecule has 0 fully saturated rings. The van der Waals surface area contributed by atoms with E-state index in [1.54, 1.807) is 6.07 Å². The zero-order valence-corrected chi connectivity index (χ0v) is 14.1. The van der Waals surface area contributed by atoms with Crippen LogP contribution in [0.5, 0.6) is 0 Å². The van der Waals surface area contributed by atoms with Crippen LogP contribution in [-0.2, 0) is 4.79 Å². The number of amides is 1. The Hall–Kier alpha value is -2.64. The molecular formula is C16H12Cl2N2O5. The first-order valence-corrected chi connectivity index (χ1v) is 7.76.